The van der Waals surface area contributed by atoms with E-state index in [4.69, 9.17) is 0 Å². The molecule has 1 amide bonds. The van der Waals surface area contributed by atoms with Crippen molar-refractivity contribution < 1.29 is 13.2 Å². The number of sulfonamides is 1. The summed E-state index contributed by atoms with van der Waals surface area (Å²) in [7, 11) is -3.39. The second kappa shape index (κ2) is 8.85. The summed E-state index contributed by atoms with van der Waals surface area (Å²) in [5.74, 6) is 0.323. The van der Waals surface area contributed by atoms with Gasteiger partial charge in [-0.2, -0.15) is 0 Å². The molecule has 0 aliphatic heterocycles. The van der Waals surface area contributed by atoms with Crippen LogP contribution in [0.4, 0.5) is 11.4 Å². The van der Waals surface area contributed by atoms with E-state index >= 15 is 0 Å². The van der Waals surface area contributed by atoms with E-state index in [-0.39, 0.29) is 18.9 Å². The summed E-state index contributed by atoms with van der Waals surface area (Å²) in [6.07, 6.45) is 1.87. The van der Waals surface area contributed by atoms with Gasteiger partial charge in [-0.1, -0.05) is 44.2 Å². The van der Waals surface area contributed by atoms with E-state index < -0.39 is 10.0 Å². The molecule has 0 bridgehead atoms. The van der Waals surface area contributed by atoms with Gasteiger partial charge in [-0.15, -0.1) is 0 Å². The molecular formula is C20H26N2O3S. The molecule has 140 valence electrons. The van der Waals surface area contributed by atoms with Gasteiger partial charge in [0.2, 0.25) is 15.9 Å². The first-order valence-electron chi connectivity index (χ1n) is 8.70. The Balaban J connectivity index is 1.90. The number of carbonyl (C=O) groups excluding carboxylic acids is 1. The molecule has 2 aromatic carbocycles. The monoisotopic (exact) mass is 374 g/mol. The highest BCUT2D eigenvalue weighted by Gasteiger charge is 2.17. The number of nitrogens with one attached hydrogen (secondary N) is 1. The SMILES string of the molecule is CC(C)c1ccc(NC(=O)CCCN(c2ccccc2)S(C)(=O)=O)cc1. The third-order valence-corrected chi connectivity index (χ3v) is 5.26. The van der Waals surface area contributed by atoms with Crippen LogP contribution in [-0.4, -0.2) is 27.1 Å². The van der Waals surface area contributed by atoms with E-state index in [0.717, 1.165) is 5.69 Å². The zero-order valence-electron chi connectivity index (χ0n) is 15.5. The lowest BCUT2D eigenvalue weighted by Crippen LogP contribution is -2.31. The molecular weight excluding hydrogens is 348 g/mol. The van der Waals surface area contributed by atoms with Crippen molar-refractivity contribution in [2.24, 2.45) is 0 Å². The fraction of sp³-hybridized carbons (Fsp3) is 0.350. The lowest BCUT2D eigenvalue weighted by molar-refractivity contribution is -0.116. The molecule has 0 radical (unpaired) electrons. The van der Waals surface area contributed by atoms with Gasteiger partial charge in [0.15, 0.2) is 0 Å². The number of rotatable bonds is 8. The number of hydrogen-bond acceptors (Lipinski definition) is 3. The van der Waals surface area contributed by atoms with Crippen LogP contribution in [0, 0.1) is 0 Å². The number of hydrogen-bond donors (Lipinski definition) is 1. The van der Waals surface area contributed by atoms with Crippen LogP contribution in [0.5, 0.6) is 0 Å². The summed E-state index contributed by atoms with van der Waals surface area (Å²) < 4.78 is 25.4. The Hall–Kier alpha value is -2.34. The van der Waals surface area contributed by atoms with Crippen molar-refractivity contribution in [1.82, 2.24) is 0 Å². The van der Waals surface area contributed by atoms with E-state index in [9.17, 15) is 13.2 Å². The third kappa shape index (κ3) is 5.88. The van der Waals surface area contributed by atoms with Crippen molar-refractivity contribution in [3.8, 4) is 0 Å². The minimum Gasteiger partial charge on any atom is -0.326 e. The van der Waals surface area contributed by atoms with Crippen molar-refractivity contribution >= 4 is 27.3 Å². The Morgan fingerprint density at radius 3 is 2.19 bits per heavy atom. The van der Waals surface area contributed by atoms with Gasteiger partial charge in [-0.3, -0.25) is 9.10 Å². The molecule has 26 heavy (non-hydrogen) atoms. The lowest BCUT2D eigenvalue weighted by atomic mass is 10.0. The summed E-state index contributed by atoms with van der Waals surface area (Å²) in [6, 6.07) is 16.7. The molecule has 0 spiro atoms. The highest BCUT2D eigenvalue weighted by Crippen LogP contribution is 2.19. The summed E-state index contributed by atoms with van der Waals surface area (Å²) in [5.41, 5.74) is 2.58. The van der Waals surface area contributed by atoms with Crippen LogP contribution in [-0.2, 0) is 14.8 Å². The van der Waals surface area contributed by atoms with Gasteiger partial charge < -0.3 is 5.32 Å². The Kier molecular flexibility index (Phi) is 6.80. The number of amides is 1. The van der Waals surface area contributed by atoms with Gasteiger partial charge >= 0.3 is 0 Å². The molecule has 0 aliphatic rings. The molecule has 2 aromatic rings. The van der Waals surface area contributed by atoms with E-state index in [2.05, 4.69) is 19.2 Å². The topological polar surface area (TPSA) is 66.5 Å². The van der Waals surface area contributed by atoms with E-state index in [1.807, 2.05) is 30.3 Å². The van der Waals surface area contributed by atoms with Gasteiger partial charge in [0, 0.05) is 18.7 Å². The van der Waals surface area contributed by atoms with Crippen LogP contribution < -0.4 is 9.62 Å². The molecule has 2 rings (SSSR count). The second-order valence-corrected chi connectivity index (χ2v) is 8.51. The number of anilines is 2. The molecule has 0 unspecified atom stereocenters. The molecule has 1 N–H and O–H groups in total. The molecule has 0 saturated carbocycles. The van der Waals surface area contributed by atoms with E-state index in [1.165, 1.54) is 16.1 Å². The number of para-hydroxylation sites is 1. The van der Waals surface area contributed by atoms with Crippen LogP contribution in [0.1, 0.15) is 38.2 Å². The van der Waals surface area contributed by atoms with Gasteiger partial charge in [-0.25, -0.2) is 8.42 Å². The quantitative estimate of drug-likeness (QED) is 0.759. The maximum Gasteiger partial charge on any atom is 0.232 e. The second-order valence-electron chi connectivity index (χ2n) is 6.60. The van der Waals surface area contributed by atoms with Crippen LogP contribution in [0.3, 0.4) is 0 Å². The molecule has 5 nitrogen and oxygen atoms in total. The summed E-state index contributed by atoms with van der Waals surface area (Å²) in [6.45, 7) is 4.50. The molecule has 0 fully saturated rings. The zero-order chi connectivity index (χ0) is 19.2. The smallest absolute Gasteiger partial charge is 0.232 e. The van der Waals surface area contributed by atoms with Gasteiger partial charge in [0.1, 0.15) is 0 Å². The van der Waals surface area contributed by atoms with E-state index in [0.29, 0.717) is 18.0 Å². The molecule has 0 atom stereocenters. The van der Waals surface area contributed by atoms with Gasteiger partial charge in [-0.05, 0) is 42.2 Å². The molecule has 0 saturated heterocycles. The van der Waals surface area contributed by atoms with Crippen LogP contribution in [0.2, 0.25) is 0 Å². The standard InChI is InChI=1S/C20H26N2O3S/c1-16(2)17-11-13-18(14-12-17)21-20(23)10-7-15-22(26(3,24)25)19-8-5-4-6-9-19/h4-6,8-9,11-14,16H,7,10,15H2,1-3H3,(H,21,23). The number of nitrogens with zero attached hydrogens (tertiary/aromatic N) is 1. The molecule has 6 heteroatoms. The molecule has 0 aliphatic carbocycles. The molecule has 0 heterocycles. The Morgan fingerprint density at radius 1 is 1.04 bits per heavy atom. The van der Waals surface area contributed by atoms with E-state index in [1.54, 1.807) is 24.3 Å². The first-order valence-corrected chi connectivity index (χ1v) is 10.5. The molecule has 0 aromatic heterocycles. The number of carbonyl (C=O) groups is 1. The number of benzene rings is 2. The fourth-order valence-electron chi connectivity index (χ4n) is 2.64. The average molecular weight is 375 g/mol. The highest BCUT2D eigenvalue weighted by molar-refractivity contribution is 7.92. The van der Waals surface area contributed by atoms with Crippen LogP contribution >= 0.6 is 0 Å². The summed E-state index contributed by atoms with van der Waals surface area (Å²) in [5, 5.41) is 2.85. The van der Waals surface area contributed by atoms with Crippen LogP contribution in [0.25, 0.3) is 0 Å². The largest absolute Gasteiger partial charge is 0.326 e. The Morgan fingerprint density at radius 2 is 1.65 bits per heavy atom. The minimum atomic E-state index is -3.39. The van der Waals surface area contributed by atoms with Crippen molar-refractivity contribution in [1.29, 1.82) is 0 Å². The predicted molar refractivity (Wildman–Crippen MR) is 107 cm³/mol. The normalized spacial score (nSPS) is 11.4. The van der Waals surface area contributed by atoms with Crippen molar-refractivity contribution in [2.45, 2.75) is 32.6 Å². The van der Waals surface area contributed by atoms with Crippen molar-refractivity contribution in [3.63, 3.8) is 0 Å². The maximum absolute atomic E-state index is 12.1. The Labute approximate surface area is 156 Å². The summed E-state index contributed by atoms with van der Waals surface area (Å²) in [4.78, 5) is 12.1. The zero-order valence-corrected chi connectivity index (χ0v) is 16.3. The van der Waals surface area contributed by atoms with Gasteiger partial charge in [0.05, 0.1) is 11.9 Å². The highest BCUT2D eigenvalue weighted by atomic mass is 32.2. The maximum atomic E-state index is 12.1. The first-order chi connectivity index (χ1) is 12.3. The van der Waals surface area contributed by atoms with Crippen molar-refractivity contribution in [2.75, 3.05) is 22.4 Å². The van der Waals surface area contributed by atoms with Gasteiger partial charge in [0.25, 0.3) is 0 Å². The Bertz CT molecular complexity index is 816. The average Bonchev–Trinajstić information content (AvgIpc) is 2.59. The van der Waals surface area contributed by atoms with Crippen molar-refractivity contribution in [3.05, 3.63) is 60.2 Å². The van der Waals surface area contributed by atoms with Crippen LogP contribution in [0.15, 0.2) is 54.6 Å². The fourth-order valence-corrected chi connectivity index (χ4v) is 3.60. The third-order valence-electron chi connectivity index (χ3n) is 4.07. The lowest BCUT2D eigenvalue weighted by Gasteiger charge is -2.22. The summed E-state index contributed by atoms with van der Waals surface area (Å²) >= 11 is 0. The minimum absolute atomic E-state index is 0.121. The first kappa shape index (κ1) is 20.0. The predicted octanol–water partition coefficient (Wildman–Crippen LogP) is 3.99.